The molecule has 0 rings (SSSR count). The largest absolute Gasteiger partial charge is 1.00 e. The van der Waals surface area contributed by atoms with Gasteiger partial charge in [-0.25, -0.2) is 16.8 Å². The topological polar surface area (TPSA) is 114 Å². The smallest absolute Gasteiger partial charge is 0.747 e. The first kappa shape index (κ1) is 20.3. The van der Waals surface area contributed by atoms with E-state index in [1.165, 1.54) is 0 Å². The molecule has 0 aliphatic rings. The molecule has 0 fully saturated rings. The van der Waals surface area contributed by atoms with Gasteiger partial charge in [0.15, 0.2) is 0 Å². The molecule has 0 saturated heterocycles. The fraction of sp³-hybridized carbons (Fsp3) is 1.00. The standard InChI is InChI=1S/C3H8O6S2.2Na/c1-3(2,10(4,5)6)11(7,8)9;;/h1-2H3,(H,4,5,6)(H,7,8,9);;/q;2*+1/p-2. The molecule has 10 heteroatoms. The van der Waals surface area contributed by atoms with Crippen molar-refractivity contribution in [2.24, 2.45) is 0 Å². The molecule has 0 atom stereocenters. The van der Waals surface area contributed by atoms with Gasteiger partial charge in [-0.1, -0.05) is 0 Å². The summed E-state index contributed by atoms with van der Waals surface area (Å²) in [7, 11) is -10.2. The van der Waals surface area contributed by atoms with Crippen LogP contribution >= 0.6 is 0 Å². The van der Waals surface area contributed by atoms with Gasteiger partial charge in [0.2, 0.25) is 0 Å². The maximum Gasteiger partial charge on any atom is 1.00 e. The molecule has 6 nitrogen and oxygen atoms in total. The monoisotopic (exact) mass is 248 g/mol. The van der Waals surface area contributed by atoms with Crippen molar-refractivity contribution < 1.29 is 85.1 Å². The summed E-state index contributed by atoms with van der Waals surface area (Å²) >= 11 is 0. The fourth-order valence-corrected chi connectivity index (χ4v) is 1.12. The van der Waals surface area contributed by atoms with E-state index in [9.17, 15) is 25.9 Å². The predicted molar refractivity (Wildman–Crippen MR) is 33.5 cm³/mol. The van der Waals surface area contributed by atoms with Gasteiger partial charge in [0.05, 0.1) is 0 Å². The van der Waals surface area contributed by atoms with Gasteiger partial charge in [0.25, 0.3) is 0 Å². The molecule has 0 saturated carbocycles. The quantitative estimate of drug-likeness (QED) is 0.354. The van der Waals surface area contributed by atoms with Gasteiger partial charge >= 0.3 is 59.1 Å². The maximum absolute atomic E-state index is 10.2. The van der Waals surface area contributed by atoms with Gasteiger partial charge in [-0.15, -0.1) is 0 Å². The summed E-state index contributed by atoms with van der Waals surface area (Å²) in [5.41, 5.74) is 0. The molecule has 0 amide bonds. The maximum atomic E-state index is 10.2. The Hall–Kier alpha value is 1.82. The van der Waals surface area contributed by atoms with Gasteiger partial charge in [-0.05, 0) is 13.8 Å². The van der Waals surface area contributed by atoms with Crippen LogP contribution in [0, 0.1) is 0 Å². The van der Waals surface area contributed by atoms with Crippen molar-refractivity contribution in [1.29, 1.82) is 0 Å². The van der Waals surface area contributed by atoms with Gasteiger partial charge in [0.1, 0.15) is 24.3 Å². The predicted octanol–water partition coefficient (Wildman–Crippen LogP) is -7.18. The molecule has 0 heterocycles. The SMILES string of the molecule is CC(C)(S(=O)(=O)[O-])S(=O)(=O)[O-].[Na+].[Na+]. The third kappa shape index (κ3) is 4.92. The average Bonchev–Trinajstić information content (AvgIpc) is 1.58. The van der Waals surface area contributed by atoms with Crippen LogP contribution in [-0.2, 0) is 20.2 Å². The van der Waals surface area contributed by atoms with Crippen LogP contribution in [0.2, 0.25) is 0 Å². The van der Waals surface area contributed by atoms with Crippen LogP contribution in [0.15, 0.2) is 0 Å². The normalized spacial score (nSPS) is 12.6. The Kier molecular flexibility index (Phi) is 9.01. The molecule has 0 radical (unpaired) electrons. The van der Waals surface area contributed by atoms with E-state index in [0.29, 0.717) is 13.8 Å². The summed E-state index contributed by atoms with van der Waals surface area (Å²) in [6.07, 6.45) is 0. The second kappa shape index (κ2) is 5.78. The molecular weight excluding hydrogens is 242 g/mol. The van der Waals surface area contributed by atoms with Crippen LogP contribution in [0.1, 0.15) is 13.8 Å². The van der Waals surface area contributed by atoms with Crippen molar-refractivity contribution in [2.75, 3.05) is 0 Å². The Labute approximate surface area is 122 Å². The van der Waals surface area contributed by atoms with Crippen LogP contribution in [0.5, 0.6) is 0 Å². The minimum atomic E-state index is -5.11. The third-order valence-corrected chi connectivity index (χ3v) is 4.84. The molecular formula is C3H6Na2O6S2. The van der Waals surface area contributed by atoms with E-state index in [1.807, 2.05) is 0 Å². The zero-order chi connectivity index (χ0) is 9.50. The van der Waals surface area contributed by atoms with Crippen molar-refractivity contribution in [3.63, 3.8) is 0 Å². The first-order valence-corrected chi connectivity index (χ1v) is 5.22. The Morgan fingerprint density at radius 3 is 1.00 bits per heavy atom. The first-order valence-electron chi connectivity index (χ1n) is 2.41. The number of hydrogen-bond donors (Lipinski definition) is 0. The Morgan fingerprint density at radius 1 is 0.846 bits per heavy atom. The van der Waals surface area contributed by atoms with Crippen molar-refractivity contribution in [3.8, 4) is 0 Å². The molecule has 0 aromatic heterocycles. The molecule has 68 valence electrons. The number of rotatable bonds is 2. The minimum Gasteiger partial charge on any atom is -0.747 e. The molecule has 0 aromatic rings. The van der Waals surface area contributed by atoms with Crippen molar-refractivity contribution in [1.82, 2.24) is 0 Å². The van der Waals surface area contributed by atoms with Crippen LogP contribution in [-0.4, -0.2) is 30.0 Å². The summed E-state index contributed by atoms with van der Waals surface area (Å²) in [5, 5.41) is 0. The van der Waals surface area contributed by atoms with Crippen molar-refractivity contribution in [3.05, 3.63) is 0 Å². The first-order chi connectivity index (χ1) is 4.50. The Balaban J connectivity index is -0.000000500. The molecule has 13 heavy (non-hydrogen) atoms. The molecule has 0 unspecified atom stereocenters. The Morgan fingerprint density at radius 2 is 1.00 bits per heavy atom. The van der Waals surface area contributed by atoms with Crippen LogP contribution in [0.4, 0.5) is 0 Å². The van der Waals surface area contributed by atoms with E-state index in [2.05, 4.69) is 0 Å². The Bertz CT molecular complexity index is 306. The van der Waals surface area contributed by atoms with E-state index in [1.54, 1.807) is 0 Å². The second-order valence-electron chi connectivity index (χ2n) is 2.31. The van der Waals surface area contributed by atoms with Crippen LogP contribution < -0.4 is 59.1 Å². The van der Waals surface area contributed by atoms with Crippen molar-refractivity contribution in [2.45, 2.75) is 17.9 Å². The van der Waals surface area contributed by atoms with E-state index in [4.69, 9.17) is 0 Å². The summed E-state index contributed by atoms with van der Waals surface area (Å²) in [6.45, 7) is 1.11. The van der Waals surface area contributed by atoms with E-state index >= 15 is 0 Å². The zero-order valence-corrected chi connectivity index (χ0v) is 13.4. The summed E-state index contributed by atoms with van der Waals surface area (Å²) in [6, 6.07) is 0. The molecule has 0 bridgehead atoms. The van der Waals surface area contributed by atoms with E-state index in [0.717, 1.165) is 0 Å². The van der Waals surface area contributed by atoms with E-state index < -0.39 is 24.3 Å². The fourth-order valence-electron chi connectivity index (χ4n) is 0.125. The summed E-state index contributed by atoms with van der Waals surface area (Å²) < 4.78 is 58.2. The summed E-state index contributed by atoms with van der Waals surface area (Å²) in [4.78, 5) is 0. The van der Waals surface area contributed by atoms with Gasteiger partial charge in [0, 0.05) is 0 Å². The van der Waals surface area contributed by atoms with Crippen LogP contribution in [0.25, 0.3) is 0 Å². The van der Waals surface area contributed by atoms with E-state index in [-0.39, 0.29) is 59.1 Å². The molecule has 0 aliphatic carbocycles. The van der Waals surface area contributed by atoms with Crippen LogP contribution in [0.3, 0.4) is 0 Å². The zero-order valence-electron chi connectivity index (χ0n) is 7.77. The van der Waals surface area contributed by atoms with Gasteiger partial charge < -0.3 is 9.11 Å². The average molecular weight is 248 g/mol. The molecule has 0 aliphatic heterocycles. The number of hydrogen-bond acceptors (Lipinski definition) is 6. The molecule has 0 spiro atoms. The van der Waals surface area contributed by atoms with Gasteiger partial charge in [-0.3, -0.25) is 0 Å². The minimum absolute atomic E-state index is 0. The second-order valence-corrected chi connectivity index (χ2v) is 6.42. The summed E-state index contributed by atoms with van der Waals surface area (Å²) in [5.74, 6) is 0. The van der Waals surface area contributed by atoms with Crippen molar-refractivity contribution >= 4 is 20.2 Å². The molecule has 0 aromatic carbocycles. The third-order valence-electron chi connectivity index (χ3n) is 1.20. The van der Waals surface area contributed by atoms with Gasteiger partial charge in [-0.2, -0.15) is 0 Å². The molecule has 0 N–H and O–H groups in total.